The van der Waals surface area contributed by atoms with Crippen LogP contribution in [0.1, 0.15) is 5.69 Å². The molecule has 2 aromatic heterocycles. The van der Waals surface area contributed by atoms with E-state index in [1.54, 1.807) is 4.68 Å². The van der Waals surface area contributed by atoms with Gasteiger partial charge in [0.2, 0.25) is 0 Å². The number of aromatic nitrogens is 6. The fourth-order valence-electron chi connectivity index (χ4n) is 2.20. The van der Waals surface area contributed by atoms with Gasteiger partial charge in [-0.15, -0.1) is 10.2 Å². The van der Waals surface area contributed by atoms with Gasteiger partial charge >= 0.3 is 0 Å². The molecular formula is C15H10BrClN6O. The van der Waals surface area contributed by atoms with E-state index < -0.39 is 0 Å². The second kappa shape index (κ2) is 6.21. The monoisotopic (exact) mass is 404 g/mol. The smallest absolute Gasteiger partial charge is 0.164 e. The van der Waals surface area contributed by atoms with Crippen LogP contribution in [-0.2, 0) is 6.61 Å². The van der Waals surface area contributed by atoms with E-state index in [9.17, 15) is 0 Å². The number of hydrogen-bond acceptors (Lipinski definition) is 5. The van der Waals surface area contributed by atoms with Crippen LogP contribution in [0, 0.1) is 0 Å². The van der Waals surface area contributed by atoms with Crippen LogP contribution in [-0.4, -0.2) is 30.2 Å². The fraction of sp³-hybridized carbons (Fsp3) is 0.0667. The Morgan fingerprint density at radius 2 is 1.79 bits per heavy atom. The number of benzene rings is 2. The minimum absolute atomic E-state index is 0.128. The SMILES string of the molecule is Clc1c(COn2nnc3ccccc32)nnn1-c1ccc(Br)cc1. The molecule has 0 unspecified atom stereocenters. The van der Waals surface area contributed by atoms with E-state index in [-0.39, 0.29) is 6.61 Å². The van der Waals surface area contributed by atoms with Crippen molar-refractivity contribution in [2.24, 2.45) is 0 Å². The number of halogens is 2. The number of para-hydroxylation sites is 1. The van der Waals surface area contributed by atoms with Crippen molar-refractivity contribution in [2.45, 2.75) is 6.61 Å². The van der Waals surface area contributed by atoms with Crippen LogP contribution in [0.3, 0.4) is 0 Å². The Labute approximate surface area is 149 Å². The lowest BCUT2D eigenvalue weighted by Gasteiger charge is -2.04. The van der Waals surface area contributed by atoms with Gasteiger partial charge in [-0.2, -0.15) is 0 Å². The Kier molecular flexibility index (Phi) is 3.91. The Morgan fingerprint density at radius 1 is 1.00 bits per heavy atom. The molecule has 0 aliphatic heterocycles. The number of hydrogen-bond donors (Lipinski definition) is 0. The van der Waals surface area contributed by atoms with Crippen molar-refractivity contribution < 1.29 is 4.84 Å². The Morgan fingerprint density at radius 3 is 2.62 bits per heavy atom. The predicted molar refractivity (Wildman–Crippen MR) is 91.9 cm³/mol. The molecular weight excluding hydrogens is 396 g/mol. The summed E-state index contributed by atoms with van der Waals surface area (Å²) in [6, 6.07) is 15.1. The first-order valence-corrected chi connectivity index (χ1v) is 8.19. The minimum atomic E-state index is 0.128. The van der Waals surface area contributed by atoms with Crippen molar-refractivity contribution >= 4 is 38.6 Å². The van der Waals surface area contributed by atoms with Crippen LogP contribution in [0.25, 0.3) is 16.7 Å². The molecule has 0 radical (unpaired) electrons. The number of fused-ring (bicyclic) bond motifs is 1. The summed E-state index contributed by atoms with van der Waals surface area (Å²) in [5.74, 6) is 0. The van der Waals surface area contributed by atoms with E-state index in [4.69, 9.17) is 16.4 Å². The van der Waals surface area contributed by atoms with E-state index in [1.165, 1.54) is 4.85 Å². The Balaban J connectivity index is 1.56. The third-order valence-electron chi connectivity index (χ3n) is 3.40. The van der Waals surface area contributed by atoms with Crippen LogP contribution >= 0.6 is 27.5 Å². The Hall–Kier alpha value is -2.45. The summed E-state index contributed by atoms with van der Waals surface area (Å²) in [4.78, 5) is 6.98. The van der Waals surface area contributed by atoms with Gasteiger partial charge in [0.1, 0.15) is 16.7 Å². The molecule has 0 amide bonds. The molecule has 24 heavy (non-hydrogen) atoms. The Bertz CT molecular complexity index is 997. The summed E-state index contributed by atoms with van der Waals surface area (Å²) >= 11 is 9.75. The second-order valence-electron chi connectivity index (χ2n) is 4.94. The van der Waals surface area contributed by atoms with Crippen LogP contribution in [0.5, 0.6) is 0 Å². The summed E-state index contributed by atoms with van der Waals surface area (Å²) in [6.45, 7) is 0.128. The largest absolute Gasteiger partial charge is 0.388 e. The molecule has 0 fully saturated rings. The zero-order chi connectivity index (χ0) is 16.5. The average Bonchev–Trinajstić information content (AvgIpc) is 3.18. The van der Waals surface area contributed by atoms with Gasteiger partial charge in [-0.25, -0.2) is 4.68 Å². The first-order chi connectivity index (χ1) is 11.7. The van der Waals surface area contributed by atoms with Crippen molar-refractivity contribution in [1.82, 2.24) is 30.2 Å². The summed E-state index contributed by atoms with van der Waals surface area (Å²) < 4.78 is 2.52. The van der Waals surface area contributed by atoms with Gasteiger partial charge in [0.15, 0.2) is 11.8 Å². The average molecular weight is 406 g/mol. The highest BCUT2D eigenvalue weighted by Crippen LogP contribution is 2.20. The van der Waals surface area contributed by atoms with Crippen molar-refractivity contribution in [1.29, 1.82) is 0 Å². The first kappa shape index (κ1) is 15.1. The highest BCUT2D eigenvalue weighted by Gasteiger charge is 2.14. The lowest BCUT2D eigenvalue weighted by molar-refractivity contribution is 0.0731. The lowest BCUT2D eigenvalue weighted by Crippen LogP contribution is -2.13. The van der Waals surface area contributed by atoms with Crippen molar-refractivity contribution in [3.05, 3.63) is 63.9 Å². The maximum absolute atomic E-state index is 6.36. The molecule has 0 bridgehead atoms. The summed E-state index contributed by atoms with van der Waals surface area (Å²) in [7, 11) is 0. The lowest BCUT2D eigenvalue weighted by atomic mass is 10.3. The van der Waals surface area contributed by atoms with Crippen molar-refractivity contribution in [3.8, 4) is 5.69 Å². The second-order valence-corrected chi connectivity index (χ2v) is 6.21. The van der Waals surface area contributed by atoms with Crippen LogP contribution in [0.2, 0.25) is 5.15 Å². The molecule has 2 heterocycles. The molecule has 0 spiro atoms. The van der Waals surface area contributed by atoms with Gasteiger partial charge in [-0.1, -0.05) is 49.7 Å². The molecule has 0 aliphatic rings. The van der Waals surface area contributed by atoms with Crippen LogP contribution in [0.15, 0.2) is 53.0 Å². The molecule has 0 saturated carbocycles. The molecule has 0 saturated heterocycles. The predicted octanol–water partition coefficient (Wildman–Crippen LogP) is 3.06. The van der Waals surface area contributed by atoms with Gasteiger partial charge in [0.05, 0.1) is 5.69 Å². The fourth-order valence-corrected chi connectivity index (χ4v) is 2.69. The van der Waals surface area contributed by atoms with Crippen LogP contribution in [0.4, 0.5) is 0 Å². The summed E-state index contributed by atoms with van der Waals surface area (Å²) in [6.07, 6.45) is 0. The topological polar surface area (TPSA) is 70.7 Å². The molecule has 120 valence electrons. The molecule has 0 atom stereocenters. The quantitative estimate of drug-likeness (QED) is 0.522. The molecule has 0 N–H and O–H groups in total. The minimum Gasteiger partial charge on any atom is -0.388 e. The summed E-state index contributed by atoms with van der Waals surface area (Å²) in [5, 5.41) is 16.5. The van der Waals surface area contributed by atoms with E-state index in [2.05, 4.69) is 36.6 Å². The van der Waals surface area contributed by atoms with E-state index >= 15 is 0 Å². The number of nitrogens with zero attached hydrogens (tertiary/aromatic N) is 6. The maximum atomic E-state index is 6.36. The normalized spacial score (nSPS) is 11.1. The van der Waals surface area contributed by atoms with Gasteiger partial charge in [-0.3, -0.25) is 0 Å². The van der Waals surface area contributed by atoms with Crippen molar-refractivity contribution in [2.75, 3.05) is 0 Å². The molecule has 0 aliphatic carbocycles. The zero-order valence-electron chi connectivity index (χ0n) is 12.2. The standard InChI is InChI=1S/C15H10BrClN6O/c16-10-5-7-11(8-6-10)22-15(17)13(19-20-22)9-24-23-14-4-2-1-3-12(14)18-21-23/h1-8H,9H2. The van der Waals surface area contributed by atoms with E-state index in [0.29, 0.717) is 10.8 Å². The van der Waals surface area contributed by atoms with Gasteiger partial charge in [0, 0.05) is 4.47 Å². The zero-order valence-corrected chi connectivity index (χ0v) is 14.5. The highest BCUT2D eigenvalue weighted by atomic mass is 79.9. The third-order valence-corrected chi connectivity index (χ3v) is 4.30. The molecule has 9 heteroatoms. The number of rotatable bonds is 4. The van der Waals surface area contributed by atoms with Crippen molar-refractivity contribution in [3.63, 3.8) is 0 Å². The molecule has 4 rings (SSSR count). The first-order valence-electron chi connectivity index (χ1n) is 7.02. The van der Waals surface area contributed by atoms with E-state index in [1.807, 2.05) is 48.5 Å². The highest BCUT2D eigenvalue weighted by molar-refractivity contribution is 9.10. The molecule has 4 aromatic rings. The summed E-state index contributed by atoms with van der Waals surface area (Å²) in [5.41, 5.74) is 2.85. The van der Waals surface area contributed by atoms with Crippen LogP contribution < -0.4 is 4.84 Å². The molecule has 7 nitrogen and oxygen atoms in total. The van der Waals surface area contributed by atoms with E-state index in [0.717, 1.165) is 21.2 Å². The van der Waals surface area contributed by atoms with Gasteiger partial charge in [-0.05, 0) is 41.6 Å². The maximum Gasteiger partial charge on any atom is 0.164 e. The molecule has 2 aromatic carbocycles. The van der Waals surface area contributed by atoms with Gasteiger partial charge < -0.3 is 4.84 Å². The van der Waals surface area contributed by atoms with Gasteiger partial charge in [0.25, 0.3) is 0 Å². The third kappa shape index (κ3) is 2.74.